The lowest BCUT2D eigenvalue weighted by Gasteiger charge is -2.10. The second-order valence-corrected chi connectivity index (χ2v) is 3.88. The first-order valence-electron chi connectivity index (χ1n) is 6.17. The SMILES string of the molecule is CCOC(=O)OC(=O)C(=CN)C(=NC)c1cc(F)cc(F)c1. The van der Waals surface area contributed by atoms with Crippen LogP contribution in [0, 0.1) is 11.6 Å². The Labute approximate surface area is 125 Å². The van der Waals surface area contributed by atoms with Crippen molar-refractivity contribution >= 4 is 17.8 Å². The molecule has 0 fully saturated rings. The molecule has 0 aromatic heterocycles. The van der Waals surface area contributed by atoms with Gasteiger partial charge in [0, 0.05) is 24.9 Å². The lowest BCUT2D eigenvalue weighted by molar-refractivity contribution is -0.134. The monoisotopic (exact) mass is 312 g/mol. The summed E-state index contributed by atoms with van der Waals surface area (Å²) >= 11 is 0. The van der Waals surface area contributed by atoms with Crippen molar-refractivity contribution in [3.8, 4) is 0 Å². The van der Waals surface area contributed by atoms with Crippen molar-refractivity contribution in [1.29, 1.82) is 0 Å². The van der Waals surface area contributed by atoms with E-state index in [-0.39, 0.29) is 23.5 Å². The number of aliphatic imine (C=N–C) groups is 1. The van der Waals surface area contributed by atoms with Crippen molar-refractivity contribution in [3.05, 3.63) is 47.2 Å². The molecular formula is C14H14F2N2O4. The molecule has 0 saturated carbocycles. The van der Waals surface area contributed by atoms with E-state index in [4.69, 9.17) is 5.73 Å². The number of esters is 1. The van der Waals surface area contributed by atoms with E-state index in [1.165, 1.54) is 14.0 Å². The summed E-state index contributed by atoms with van der Waals surface area (Å²) < 4.78 is 35.4. The third kappa shape index (κ3) is 4.37. The summed E-state index contributed by atoms with van der Waals surface area (Å²) in [6, 6.07) is 2.60. The molecule has 0 spiro atoms. The average Bonchev–Trinajstić information content (AvgIpc) is 2.43. The number of carbonyl (C=O) groups is 2. The van der Waals surface area contributed by atoms with E-state index < -0.39 is 23.8 Å². The standard InChI is InChI=1S/C14H14F2N2O4/c1-3-21-14(20)22-13(19)11(7-17)12(18-2)8-4-9(15)6-10(16)5-8/h4-7H,3,17H2,1-2H3. The molecule has 0 bridgehead atoms. The van der Waals surface area contributed by atoms with Crippen LogP contribution in [0.3, 0.4) is 0 Å². The number of nitrogens with zero attached hydrogens (tertiary/aromatic N) is 1. The first kappa shape index (κ1) is 17.3. The minimum Gasteiger partial charge on any atom is -0.434 e. The van der Waals surface area contributed by atoms with Gasteiger partial charge in [0.15, 0.2) is 0 Å². The molecule has 0 amide bonds. The summed E-state index contributed by atoms with van der Waals surface area (Å²) in [7, 11) is 1.29. The number of nitrogens with two attached hydrogens (primary N) is 1. The topological polar surface area (TPSA) is 91.0 Å². The van der Waals surface area contributed by atoms with Gasteiger partial charge in [0.2, 0.25) is 0 Å². The van der Waals surface area contributed by atoms with Gasteiger partial charge >= 0.3 is 12.1 Å². The minimum atomic E-state index is -1.22. The maximum absolute atomic E-state index is 13.3. The summed E-state index contributed by atoms with van der Waals surface area (Å²) in [5, 5.41) is 0. The molecule has 1 aromatic carbocycles. The number of benzene rings is 1. The molecule has 0 unspecified atom stereocenters. The van der Waals surface area contributed by atoms with Crippen LogP contribution in [-0.2, 0) is 14.3 Å². The maximum Gasteiger partial charge on any atom is 0.516 e. The van der Waals surface area contributed by atoms with Gasteiger partial charge in [-0.05, 0) is 19.1 Å². The maximum atomic E-state index is 13.3. The zero-order chi connectivity index (χ0) is 16.7. The third-order valence-electron chi connectivity index (χ3n) is 2.44. The summed E-state index contributed by atoms with van der Waals surface area (Å²) in [4.78, 5) is 26.8. The molecule has 0 aliphatic rings. The number of hydrogen-bond donors (Lipinski definition) is 1. The molecule has 8 heteroatoms. The molecule has 0 radical (unpaired) electrons. The highest BCUT2D eigenvalue weighted by Gasteiger charge is 2.22. The van der Waals surface area contributed by atoms with Crippen molar-refractivity contribution in [3.63, 3.8) is 0 Å². The summed E-state index contributed by atoms with van der Waals surface area (Å²) in [6.45, 7) is 1.54. The highest BCUT2D eigenvalue weighted by Crippen LogP contribution is 2.15. The van der Waals surface area contributed by atoms with Crippen molar-refractivity contribution in [2.45, 2.75) is 6.92 Å². The van der Waals surface area contributed by atoms with Crippen LogP contribution < -0.4 is 5.73 Å². The third-order valence-corrected chi connectivity index (χ3v) is 2.44. The van der Waals surface area contributed by atoms with Crippen LogP contribution in [0.25, 0.3) is 0 Å². The molecule has 0 heterocycles. The van der Waals surface area contributed by atoms with Crippen LogP contribution in [0.4, 0.5) is 13.6 Å². The van der Waals surface area contributed by atoms with Crippen molar-refractivity contribution < 1.29 is 27.8 Å². The summed E-state index contributed by atoms with van der Waals surface area (Å²) in [6.07, 6.45) is -0.389. The Kier molecular flexibility index (Phi) is 6.18. The van der Waals surface area contributed by atoms with Crippen LogP contribution >= 0.6 is 0 Å². The molecule has 6 nitrogen and oxygen atoms in total. The number of rotatable bonds is 4. The molecule has 1 rings (SSSR count). The average molecular weight is 312 g/mol. The Balaban J connectivity index is 3.11. The Morgan fingerprint density at radius 3 is 2.32 bits per heavy atom. The second-order valence-electron chi connectivity index (χ2n) is 3.88. The van der Waals surface area contributed by atoms with Gasteiger partial charge < -0.3 is 15.2 Å². The fraction of sp³-hybridized carbons (Fsp3) is 0.214. The Morgan fingerprint density at radius 1 is 1.27 bits per heavy atom. The fourth-order valence-corrected chi connectivity index (χ4v) is 1.62. The van der Waals surface area contributed by atoms with E-state index in [0.29, 0.717) is 6.07 Å². The quantitative estimate of drug-likeness (QED) is 0.397. The van der Waals surface area contributed by atoms with Crippen LogP contribution in [0.2, 0.25) is 0 Å². The van der Waals surface area contributed by atoms with Gasteiger partial charge in [0.25, 0.3) is 0 Å². The predicted octanol–water partition coefficient (Wildman–Crippen LogP) is 1.93. The second kappa shape index (κ2) is 7.87. The van der Waals surface area contributed by atoms with Crippen LogP contribution in [0.15, 0.2) is 35.0 Å². The number of ether oxygens (including phenoxy) is 2. The van der Waals surface area contributed by atoms with Gasteiger partial charge in [-0.2, -0.15) is 0 Å². The van der Waals surface area contributed by atoms with Gasteiger partial charge in [-0.15, -0.1) is 0 Å². The number of halogens is 2. The van der Waals surface area contributed by atoms with E-state index in [2.05, 4.69) is 14.5 Å². The molecule has 1 aromatic rings. The normalized spacial score (nSPS) is 12.0. The van der Waals surface area contributed by atoms with E-state index in [1.54, 1.807) is 0 Å². The van der Waals surface area contributed by atoms with Crippen LogP contribution in [0.5, 0.6) is 0 Å². The van der Waals surface area contributed by atoms with Crippen LogP contribution in [-0.4, -0.2) is 31.5 Å². The van der Waals surface area contributed by atoms with Crippen LogP contribution in [0.1, 0.15) is 12.5 Å². The summed E-state index contributed by atoms with van der Waals surface area (Å²) in [5.41, 5.74) is 4.84. The fourth-order valence-electron chi connectivity index (χ4n) is 1.62. The van der Waals surface area contributed by atoms with Crippen molar-refractivity contribution in [2.24, 2.45) is 10.7 Å². The molecule has 22 heavy (non-hydrogen) atoms. The largest absolute Gasteiger partial charge is 0.516 e. The minimum absolute atomic E-state index is 0.0115. The zero-order valence-corrected chi connectivity index (χ0v) is 11.9. The lowest BCUT2D eigenvalue weighted by Crippen LogP contribution is -2.22. The molecular weight excluding hydrogens is 298 g/mol. The Morgan fingerprint density at radius 2 is 1.86 bits per heavy atom. The van der Waals surface area contributed by atoms with Gasteiger partial charge in [-0.3, -0.25) is 4.99 Å². The first-order valence-corrected chi connectivity index (χ1v) is 6.17. The molecule has 0 atom stereocenters. The molecule has 0 saturated heterocycles. The van der Waals surface area contributed by atoms with Crippen molar-refractivity contribution in [1.82, 2.24) is 0 Å². The van der Waals surface area contributed by atoms with Gasteiger partial charge in [0.05, 0.1) is 12.3 Å². The summed E-state index contributed by atoms with van der Waals surface area (Å²) in [5.74, 6) is -2.86. The number of carbonyl (C=O) groups excluding carboxylic acids is 2. The highest BCUT2D eigenvalue weighted by atomic mass is 19.1. The number of hydrogen-bond acceptors (Lipinski definition) is 6. The molecule has 2 N–H and O–H groups in total. The highest BCUT2D eigenvalue weighted by molar-refractivity contribution is 6.27. The van der Waals surface area contributed by atoms with E-state index in [1.807, 2.05) is 0 Å². The zero-order valence-electron chi connectivity index (χ0n) is 11.9. The van der Waals surface area contributed by atoms with E-state index in [0.717, 1.165) is 18.3 Å². The lowest BCUT2D eigenvalue weighted by atomic mass is 10.0. The Bertz CT molecular complexity index is 621. The first-order chi connectivity index (χ1) is 10.4. The predicted molar refractivity (Wildman–Crippen MR) is 74.2 cm³/mol. The van der Waals surface area contributed by atoms with E-state index >= 15 is 0 Å². The van der Waals surface area contributed by atoms with Crippen molar-refractivity contribution in [2.75, 3.05) is 13.7 Å². The molecule has 0 aliphatic carbocycles. The molecule has 118 valence electrons. The smallest absolute Gasteiger partial charge is 0.434 e. The van der Waals surface area contributed by atoms with Gasteiger partial charge in [0.1, 0.15) is 17.2 Å². The van der Waals surface area contributed by atoms with Gasteiger partial charge in [-0.25, -0.2) is 18.4 Å². The molecule has 0 aliphatic heterocycles. The van der Waals surface area contributed by atoms with Gasteiger partial charge in [-0.1, -0.05) is 0 Å². The van der Waals surface area contributed by atoms with E-state index in [9.17, 15) is 18.4 Å². The Hall–Kier alpha value is -2.77.